The highest BCUT2D eigenvalue weighted by Crippen LogP contribution is 2.22. The maximum atomic E-state index is 12.4. The number of carbonyl (C=O) groups is 3. The number of ether oxygens (including phenoxy) is 1. The van der Waals surface area contributed by atoms with Crippen LogP contribution in [-0.4, -0.2) is 30.5 Å². The first-order chi connectivity index (χ1) is 17.3. The first-order valence-corrected chi connectivity index (χ1v) is 11.7. The molecule has 0 aliphatic heterocycles. The van der Waals surface area contributed by atoms with Gasteiger partial charge in [0.1, 0.15) is 5.75 Å². The van der Waals surface area contributed by atoms with Crippen molar-refractivity contribution in [3.63, 3.8) is 0 Å². The predicted molar refractivity (Wildman–Crippen MR) is 142 cm³/mol. The Kier molecular flexibility index (Phi) is 9.19. The molecular weight excluding hydrogens is 480 g/mol. The van der Waals surface area contributed by atoms with Gasteiger partial charge < -0.3 is 15.4 Å². The molecule has 0 atom stereocenters. The molecule has 9 heteroatoms. The van der Waals surface area contributed by atoms with Crippen LogP contribution in [0.15, 0.2) is 65.8 Å². The lowest BCUT2D eigenvalue weighted by atomic mass is 10.1. The van der Waals surface area contributed by atoms with Crippen LogP contribution in [0.4, 0.5) is 11.4 Å². The molecule has 36 heavy (non-hydrogen) atoms. The summed E-state index contributed by atoms with van der Waals surface area (Å²) in [4.78, 5) is 36.8. The van der Waals surface area contributed by atoms with Crippen LogP contribution in [0.5, 0.6) is 5.75 Å². The monoisotopic (exact) mass is 506 g/mol. The molecule has 0 unspecified atom stereocenters. The number of hydrogen-bond acceptors (Lipinski definition) is 5. The number of aryl methyl sites for hydroxylation is 3. The first kappa shape index (κ1) is 26.4. The van der Waals surface area contributed by atoms with Crippen molar-refractivity contribution in [3.05, 3.63) is 87.9 Å². The molecule has 0 saturated carbocycles. The Morgan fingerprint density at radius 2 is 1.72 bits per heavy atom. The van der Waals surface area contributed by atoms with Crippen LogP contribution in [0.3, 0.4) is 0 Å². The Morgan fingerprint density at radius 3 is 2.47 bits per heavy atom. The highest BCUT2D eigenvalue weighted by molar-refractivity contribution is 6.39. The lowest BCUT2D eigenvalue weighted by Crippen LogP contribution is -2.32. The zero-order valence-electron chi connectivity index (χ0n) is 20.2. The van der Waals surface area contributed by atoms with E-state index in [1.807, 2.05) is 51.1 Å². The fourth-order valence-electron chi connectivity index (χ4n) is 3.38. The highest BCUT2D eigenvalue weighted by Gasteiger charge is 2.14. The number of nitrogens with one attached hydrogen (secondary N) is 3. The number of anilines is 2. The lowest BCUT2D eigenvalue weighted by Gasteiger charge is -2.12. The highest BCUT2D eigenvalue weighted by atomic mass is 35.5. The van der Waals surface area contributed by atoms with Gasteiger partial charge in [0.15, 0.2) is 6.61 Å². The number of nitrogens with zero attached hydrogens (tertiary/aromatic N) is 1. The minimum Gasteiger partial charge on any atom is -0.483 e. The number of para-hydroxylation sites is 1. The molecule has 186 valence electrons. The molecule has 0 radical (unpaired) electrons. The van der Waals surface area contributed by atoms with Gasteiger partial charge in [0, 0.05) is 22.0 Å². The molecule has 3 rings (SSSR count). The molecule has 0 fully saturated rings. The van der Waals surface area contributed by atoms with Gasteiger partial charge in [-0.1, -0.05) is 54.4 Å². The van der Waals surface area contributed by atoms with Crippen molar-refractivity contribution in [2.75, 3.05) is 17.2 Å². The number of amides is 3. The molecule has 0 saturated heterocycles. The van der Waals surface area contributed by atoms with Crippen molar-refractivity contribution >= 4 is 46.9 Å². The predicted octanol–water partition coefficient (Wildman–Crippen LogP) is 4.63. The van der Waals surface area contributed by atoms with Crippen LogP contribution in [0.25, 0.3) is 0 Å². The Bertz CT molecular complexity index is 1310. The van der Waals surface area contributed by atoms with Gasteiger partial charge in [-0.25, -0.2) is 5.43 Å². The number of hydrazone groups is 1. The minimum absolute atomic E-state index is 0.249. The summed E-state index contributed by atoms with van der Waals surface area (Å²) in [5, 5.41) is 9.63. The van der Waals surface area contributed by atoms with Gasteiger partial charge in [-0.15, -0.1) is 0 Å². The Balaban J connectivity index is 1.59. The van der Waals surface area contributed by atoms with E-state index in [0.717, 1.165) is 16.7 Å². The van der Waals surface area contributed by atoms with Crippen LogP contribution in [0.1, 0.15) is 29.2 Å². The van der Waals surface area contributed by atoms with Crippen molar-refractivity contribution in [1.29, 1.82) is 0 Å². The van der Waals surface area contributed by atoms with Gasteiger partial charge >= 0.3 is 11.8 Å². The third-order valence-corrected chi connectivity index (χ3v) is 5.44. The molecular formula is C27H27ClN4O4. The van der Waals surface area contributed by atoms with Crippen molar-refractivity contribution in [1.82, 2.24) is 5.43 Å². The molecule has 3 aromatic carbocycles. The normalized spacial score (nSPS) is 10.7. The average molecular weight is 507 g/mol. The van der Waals surface area contributed by atoms with E-state index in [1.165, 1.54) is 6.21 Å². The topological polar surface area (TPSA) is 109 Å². The van der Waals surface area contributed by atoms with E-state index in [1.54, 1.807) is 30.3 Å². The molecule has 3 amide bonds. The summed E-state index contributed by atoms with van der Waals surface area (Å²) in [5.41, 5.74) is 6.82. The summed E-state index contributed by atoms with van der Waals surface area (Å²) >= 11 is 6.08. The molecule has 8 nitrogen and oxygen atoms in total. The second-order valence-electron chi connectivity index (χ2n) is 8.00. The van der Waals surface area contributed by atoms with Gasteiger partial charge in [0.2, 0.25) is 0 Å². The van der Waals surface area contributed by atoms with Gasteiger partial charge in [-0.05, 0) is 61.7 Å². The zero-order valence-corrected chi connectivity index (χ0v) is 21.0. The van der Waals surface area contributed by atoms with E-state index >= 15 is 0 Å². The summed E-state index contributed by atoms with van der Waals surface area (Å²) in [6.45, 7) is 5.59. The second-order valence-corrected chi connectivity index (χ2v) is 8.44. The van der Waals surface area contributed by atoms with Gasteiger partial charge in [-0.2, -0.15) is 5.10 Å². The molecule has 0 spiro atoms. The molecule has 0 aliphatic carbocycles. The Labute approximate surface area is 214 Å². The molecule has 3 aromatic rings. The van der Waals surface area contributed by atoms with E-state index < -0.39 is 11.8 Å². The number of benzene rings is 3. The van der Waals surface area contributed by atoms with Gasteiger partial charge in [-0.3, -0.25) is 14.4 Å². The summed E-state index contributed by atoms with van der Waals surface area (Å²) in [6.07, 6.45) is 1.99. The summed E-state index contributed by atoms with van der Waals surface area (Å²) in [6, 6.07) is 17.7. The molecule has 0 aliphatic rings. The van der Waals surface area contributed by atoms with Gasteiger partial charge in [0.05, 0.1) is 6.21 Å². The van der Waals surface area contributed by atoms with E-state index in [9.17, 15) is 14.4 Å². The van der Waals surface area contributed by atoms with Crippen LogP contribution < -0.4 is 20.8 Å². The van der Waals surface area contributed by atoms with Gasteiger partial charge in [0.25, 0.3) is 5.91 Å². The standard InChI is InChI=1S/C27H27ClN4O4/c1-4-19-7-5-6-8-23(19)31-26(34)27(35)32-29-15-20-14-21(28)10-12-24(20)36-16-25(33)30-22-11-9-17(2)13-18(22)3/h5-15H,4,16H2,1-3H3,(H,30,33)(H,31,34)(H,32,35)/b29-15-. The number of halogens is 1. The first-order valence-electron chi connectivity index (χ1n) is 11.3. The fourth-order valence-corrected chi connectivity index (χ4v) is 3.56. The van der Waals surface area contributed by atoms with Crippen molar-refractivity contribution in [2.45, 2.75) is 27.2 Å². The maximum Gasteiger partial charge on any atom is 0.329 e. The Morgan fingerprint density at radius 1 is 0.944 bits per heavy atom. The van der Waals surface area contributed by atoms with Crippen molar-refractivity contribution < 1.29 is 19.1 Å². The zero-order chi connectivity index (χ0) is 26.1. The number of hydrogen-bond donors (Lipinski definition) is 3. The fraction of sp³-hybridized carbons (Fsp3) is 0.185. The summed E-state index contributed by atoms with van der Waals surface area (Å²) < 4.78 is 5.65. The average Bonchev–Trinajstić information content (AvgIpc) is 2.85. The molecule has 0 heterocycles. The quantitative estimate of drug-likeness (QED) is 0.235. The van der Waals surface area contributed by atoms with E-state index in [-0.39, 0.29) is 12.5 Å². The largest absolute Gasteiger partial charge is 0.483 e. The van der Waals surface area contributed by atoms with Crippen molar-refractivity contribution in [3.8, 4) is 5.75 Å². The van der Waals surface area contributed by atoms with E-state index in [2.05, 4.69) is 21.2 Å². The van der Waals surface area contributed by atoms with E-state index in [0.29, 0.717) is 34.1 Å². The summed E-state index contributed by atoms with van der Waals surface area (Å²) in [7, 11) is 0. The van der Waals surface area contributed by atoms with Crippen molar-refractivity contribution in [2.24, 2.45) is 5.10 Å². The number of rotatable bonds is 8. The van der Waals surface area contributed by atoms with Crippen LogP contribution in [-0.2, 0) is 20.8 Å². The SMILES string of the molecule is CCc1ccccc1NC(=O)C(=O)N/N=C\c1cc(Cl)ccc1OCC(=O)Nc1ccc(C)cc1C. The number of carbonyl (C=O) groups excluding carboxylic acids is 3. The molecule has 0 aromatic heterocycles. The van der Waals surface area contributed by atoms with E-state index in [4.69, 9.17) is 16.3 Å². The smallest absolute Gasteiger partial charge is 0.329 e. The second kappa shape index (κ2) is 12.5. The lowest BCUT2D eigenvalue weighted by molar-refractivity contribution is -0.136. The molecule has 3 N–H and O–H groups in total. The van der Waals surface area contributed by atoms with Crippen LogP contribution in [0.2, 0.25) is 5.02 Å². The van der Waals surface area contributed by atoms with Crippen LogP contribution in [0, 0.1) is 13.8 Å². The third kappa shape index (κ3) is 7.41. The molecule has 0 bridgehead atoms. The Hall–Kier alpha value is -4.17. The van der Waals surface area contributed by atoms with Crippen LogP contribution >= 0.6 is 11.6 Å². The minimum atomic E-state index is -0.936. The third-order valence-electron chi connectivity index (χ3n) is 5.21. The summed E-state index contributed by atoms with van der Waals surface area (Å²) in [5.74, 6) is -1.79. The maximum absolute atomic E-state index is 12.4.